The van der Waals surface area contributed by atoms with E-state index in [9.17, 15) is 19.5 Å². The van der Waals surface area contributed by atoms with Crippen molar-refractivity contribution < 1.29 is 24.2 Å². The number of hydrogen-bond acceptors (Lipinski definition) is 4. The number of ether oxygens (including phenoxy) is 1. The van der Waals surface area contributed by atoms with E-state index in [4.69, 9.17) is 4.74 Å². The van der Waals surface area contributed by atoms with Crippen LogP contribution in [0.2, 0.25) is 0 Å². The largest absolute Gasteiger partial charge is 0.479 e. The first kappa shape index (κ1) is 23.4. The third-order valence-electron chi connectivity index (χ3n) is 7.94. The van der Waals surface area contributed by atoms with Crippen LogP contribution in [0.1, 0.15) is 63.0 Å². The molecule has 0 radical (unpaired) electrons. The molecule has 1 atom stereocenters. The Morgan fingerprint density at radius 3 is 2.26 bits per heavy atom. The van der Waals surface area contributed by atoms with E-state index in [0.717, 1.165) is 35.1 Å². The quantitative estimate of drug-likeness (QED) is 0.583. The minimum Gasteiger partial charge on any atom is -0.479 e. The Bertz CT molecular complexity index is 1120. The molecule has 0 spiro atoms. The molecule has 2 aliphatic carbocycles. The van der Waals surface area contributed by atoms with Gasteiger partial charge >= 0.3 is 12.1 Å². The van der Waals surface area contributed by atoms with Crippen LogP contribution in [-0.2, 0) is 14.3 Å². The number of fused-ring (bicyclic) bond motifs is 4. The van der Waals surface area contributed by atoms with E-state index < -0.39 is 23.6 Å². The number of benzene rings is 2. The summed E-state index contributed by atoms with van der Waals surface area (Å²) in [6.07, 6.45) is 2.33. The number of amides is 2. The van der Waals surface area contributed by atoms with Crippen LogP contribution < -0.4 is 5.32 Å². The zero-order valence-electron chi connectivity index (χ0n) is 20.3. The molecular weight excluding hydrogens is 444 g/mol. The lowest BCUT2D eigenvalue weighted by Crippen LogP contribution is -2.59. The number of carboxylic acids is 1. The van der Waals surface area contributed by atoms with E-state index in [2.05, 4.69) is 29.6 Å². The first-order valence-corrected chi connectivity index (χ1v) is 12.4. The predicted octanol–water partition coefficient (Wildman–Crippen LogP) is 4.55. The lowest BCUT2D eigenvalue weighted by Gasteiger charge is -2.43. The van der Waals surface area contributed by atoms with Gasteiger partial charge in [-0.25, -0.2) is 9.59 Å². The maximum Gasteiger partial charge on any atom is 0.407 e. The van der Waals surface area contributed by atoms with Crippen molar-refractivity contribution in [3.8, 4) is 11.1 Å². The van der Waals surface area contributed by atoms with E-state index in [0.29, 0.717) is 25.8 Å². The molecule has 2 saturated heterocycles. The topological polar surface area (TPSA) is 95.9 Å². The Labute approximate surface area is 205 Å². The zero-order valence-corrected chi connectivity index (χ0v) is 20.3. The molecule has 2 aromatic rings. The highest BCUT2D eigenvalue weighted by Crippen LogP contribution is 2.59. The Hall–Kier alpha value is -3.35. The number of carbonyl (C=O) groups excluding carboxylic acids is 2. The Kier molecular flexibility index (Phi) is 5.82. The summed E-state index contributed by atoms with van der Waals surface area (Å²) in [5.41, 5.74) is 3.23. The number of carbonyl (C=O) groups is 3. The standard InChI is InChI=1S/C28H32N2O5/c1-3-4-13-23(24(31)30-17-27(2)15-28(30,16-27)25(32)33)29-26(34)35-14-22-20-11-7-5-9-18(20)19-10-6-8-12-21(19)22/h5-12,22-23H,3-4,13-17H2,1-2H3,(H,29,34)(H,32,33)/t23-,27?,28?/m0/s1. The van der Waals surface area contributed by atoms with Gasteiger partial charge in [0.15, 0.2) is 0 Å². The SMILES string of the molecule is CCCC[C@H](NC(=O)OCC1c2ccccc2-c2ccccc21)C(=O)N1CC2(C)CC1(C(=O)O)C2. The smallest absolute Gasteiger partial charge is 0.407 e. The molecule has 2 bridgehead atoms. The fourth-order valence-corrected chi connectivity index (χ4v) is 6.39. The summed E-state index contributed by atoms with van der Waals surface area (Å²) in [4.78, 5) is 39.8. The summed E-state index contributed by atoms with van der Waals surface area (Å²) < 4.78 is 5.66. The average molecular weight is 477 g/mol. The highest BCUT2D eigenvalue weighted by molar-refractivity contribution is 5.93. The third kappa shape index (κ3) is 3.87. The van der Waals surface area contributed by atoms with Crippen LogP contribution in [0.25, 0.3) is 11.1 Å². The van der Waals surface area contributed by atoms with E-state index in [-0.39, 0.29) is 23.8 Å². The summed E-state index contributed by atoms with van der Waals surface area (Å²) >= 11 is 0. The molecule has 2 heterocycles. The number of nitrogens with one attached hydrogen (secondary N) is 1. The van der Waals surface area contributed by atoms with Gasteiger partial charge in [-0.15, -0.1) is 0 Å². The zero-order chi connectivity index (χ0) is 24.8. The van der Waals surface area contributed by atoms with Crippen molar-refractivity contribution in [1.29, 1.82) is 0 Å². The number of hydrogen-bond donors (Lipinski definition) is 2. The predicted molar refractivity (Wildman–Crippen MR) is 131 cm³/mol. The van der Waals surface area contributed by atoms with Gasteiger partial charge in [0.05, 0.1) is 0 Å². The second kappa shape index (κ2) is 8.70. The number of aliphatic carboxylic acids is 1. The number of alkyl carbamates (subject to hydrolysis) is 1. The molecule has 2 amide bonds. The van der Waals surface area contributed by atoms with Crippen LogP contribution in [0.4, 0.5) is 4.79 Å². The molecular formula is C28H32N2O5. The molecule has 1 saturated carbocycles. The van der Waals surface area contributed by atoms with Crippen LogP contribution in [0.3, 0.4) is 0 Å². The monoisotopic (exact) mass is 476 g/mol. The fraction of sp³-hybridized carbons (Fsp3) is 0.464. The van der Waals surface area contributed by atoms with Crippen molar-refractivity contribution in [2.24, 2.45) is 5.41 Å². The van der Waals surface area contributed by atoms with E-state index in [1.165, 1.54) is 4.90 Å². The van der Waals surface area contributed by atoms with Crippen molar-refractivity contribution in [1.82, 2.24) is 10.2 Å². The summed E-state index contributed by atoms with van der Waals surface area (Å²) in [5, 5.41) is 12.6. The third-order valence-corrected chi connectivity index (χ3v) is 7.94. The molecule has 6 rings (SSSR count). The van der Waals surface area contributed by atoms with Gasteiger partial charge in [-0.1, -0.05) is 75.2 Å². The minimum absolute atomic E-state index is 0.0704. The number of rotatable bonds is 8. The summed E-state index contributed by atoms with van der Waals surface area (Å²) in [6.45, 7) is 4.60. The molecule has 7 nitrogen and oxygen atoms in total. The summed E-state index contributed by atoms with van der Waals surface area (Å²) in [6, 6.07) is 15.4. The van der Waals surface area contributed by atoms with Gasteiger partial charge in [-0.2, -0.15) is 0 Å². The van der Waals surface area contributed by atoms with Crippen LogP contribution in [-0.4, -0.2) is 52.7 Å². The second-order valence-corrected chi connectivity index (χ2v) is 10.6. The minimum atomic E-state index is -1.14. The normalized spacial score (nSPS) is 24.8. The number of carboxylic acid groups (broad SMARTS) is 1. The Balaban J connectivity index is 1.28. The Morgan fingerprint density at radius 1 is 1.09 bits per heavy atom. The van der Waals surface area contributed by atoms with Gasteiger partial charge in [0, 0.05) is 12.5 Å². The molecule has 0 unspecified atom stereocenters. The summed E-state index contributed by atoms with van der Waals surface area (Å²) in [7, 11) is 0. The van der Waals surface area contributed by atoms with Gasteiger partial charge in [0.1, 0.15) is 18.2 Å². The molecule has 7 heteroatoms. The van der Waals surface area contributed by atoms with Crippen molar-refractivity contribution in [2.75, 3.05) is 13.2 Å². The highest BCUT2D eigenvalue weighted by atomic mass is 16.5. The number of unbranched alkanes of at least 4 members (excludes halogenated alkanes) is 1. The molecule has 2 aliphatic heterocycles. The van der Waals surface area contributed by atoms with Crippen molar-refractivity contribution in [3.05, 3.63) is 59.7 Å². The van der Waals surface area contributed by atoms with Crippen LogP contribution in [0.15, 0.2) is 48.5 Å². The molecule has 4 aliphatic rings. The number of nitrogens with zero attached hydrogens (tertiary/aromatic N) is 1. The van der Waals surface area contributed by atoms with E-state index >= 15 is 0 Å². The van der Waals surface area contributed by atoms with Gasteiger partial charge in [-0.05, 0) is 46.9 Å². The van der Waals surface area contributed by atoms with Crippen LogP contribution >= 0.6 is 0 Å². The second-order valence-electron chi connectivity index (χ2n) is 10.6. The maximum absolute atomic E-state index is 13.5. The lowest BCUT2D eigenvalue weighted by molar-refractivity contribution is -0.160. The molecule has 184 valence electrons. The lowest BCUT2D eigenvalue weighted by atomic mass is 9.63. The molecule has 3 fully saturated rings. The van der Waals surface area contributed by atoms with Gasteiger partial charge < -0.3 is 20.1 Å². The summed E-state index contributed by atoms with van der Waals surface area (Å²) in [5.74, 6) is -1.36. The van der Waals surface area contributed by atoms with Crippen LogP contribution in [0, 0.1) is 5.41 Å². The van der Waals surface area contributed by atoms with Gasteiger partial charge in [-0.3, -0.25) is 4.79 Å². The molecule has 0 aromatic heterocycles. The van der Waals surface area contributed by atoms with Crippen molar-refractivity contribution in [3.63, 3.8) is 0 Å². The van der Waals surface area contributed by atoms with Crippen molar-refractivity contribution >= 4 is 18.0 Å². The van der Waals surface area contributed by atoms with Gasteiger partial charge in [0.25, 0.3) is 0 Å². The maximum atomic E-state index is 13.5. The molecule has 2 aromatic carbocycles. The van der Waals surface area contributed by atoms with E-state index in [1.807, 2.05) is 38.1 Å². The first-order chi connectivity index (χ1) is 16.8. The molecule has 35 heavy (non-hydrogen) atoms. The molecule has 2 N–H and O–H groups in total. The highest BCUT2D eigenvalue weighted by Gasteiger charge is 2.69. The Morgan fingerprint density at radius 2 is 1.69 bits per heavy atom. The van der Waals surface area contributed by atoms with E-state index in [1.54, 1.807) is 0 Å². The van der Waals surface area contributed by atoms with Crippen molar-refractivity contribution in [2.45, 2.75) is 63.5 Å². The fourth-order valence-electron chi connectivity index (χ4n) is 6.39. The first-order valence-electron chi connectivity index (χ1n) is 12.4. The average Bonchev–Trinajstić information content (AvgIpc) is 3.43. The van der Waals surface area contributed by atoms with Gasteiger partial charge in [0.2, 0.25) is 5.91 Å². The van der Waals surface area contributed by atoms with Crippen LogP contribution in [0.5, 0.6) is 0 Å².